The Hall–Kier alpha value is -1.12. The van der Waals surface area contributed by atoms with Gasteiger partial charge in [-0.1, -0.05) is 18.2 Å². The monoisotopic (exact) mass is 311 g/mol. The summed E-state index contributed by atoms with van der Waals surface area (Å²) in [7, 11) is -3.54. The summed E-state index contributed by atoms with van der Waals surface area (Å²) in [6.07, 6.45) is -3.78. The molecule has 1 aromatic carbocycles. The Kier molecular flexibility index (Phi) is 5.97. The van der Waals surface area contributed by atoms with E-state index in [9.17, 15) is 21.6 Å². The van der Waals surface area contributed by atoms with Crippen LogP contribution in [0.4, 0.5) is 13.2 Å². The predicted molar refractivity (Wildman–Crippen MR) is 68.4 cm³/mol. The highest BCUT2D eigenvalue weighted by molar-refractivity contribution is 7.89. The average molecular weight is 311 g/mol. The minimum atomic E-state index is -4.45. The molecule has 0 unspecified atom stereocenters. The number of hydrogen-bond donors (Lipinski definition) is 2. The molecule has 4 nitrogen and oxygen atoms in total. The van der Waals surface area contributed by atoms with Gasteiger partial charge >= 0.3 is 6.18 Å². The third-order valence-corrected chi connectivity index (χ3v) is 3.98. The highest BCUT2D eigenvalue weighted by Gasteiger charge is 2.30. The number of aliphatic hydroxyl groups is 1. The van der Waals surface area contributed by atoms with Gasteiger partial charge in [0.25, 0.3) is 0 Å². The second-order valence-electron chi connectivity index (χ2n) is 4.27. The molecule has 0 radical (unpaired) electrons. The fraction of sp³-hybridized carbons (Fsp3) is 0.500. The summed E-state index contributed by atoms with van der Waals surface area (Å²) < 4.78 is 62.8. The summed E-state index contributed by atoms with van der Waals surface area (Å²) in [4.78, 5) is 0. The standard InChI is InChI=1S/C12H16F3NO3S/c13-12(14,15)11-5-3-4-10(8-11)9-16-20(18,19)7-2-1-6-17/h3-5,8,16-17H,1-2,6-7,9H2. The summed E-state index contributed by atoms with van der Waals surface area (Å²) in [5, 5.41) is 8.56. The van der Waals surface area contributed by atoms with Gasteiger partial charge in [-0.15, -0.1) is 0 Å². The first kappa shape index (κ1) is 16.9. The van der Waals surface area contributed by atoms with Crippen LogP contribution in [0.2, 0.25) is 0 Å². The number of halogens is 3. The summed E-state index contributed by atoms with van der Waals surface area (Å²) in [5.74, 6) is -0.160. The van der Waals surface area contributed by atoms with E-state index in [1.165, 1.54) is 12.1 Å². The minimum Gasteiger partial charge on any atom is -0.396 e. The van der Waals surface area contributed by atoms with E-state index in [0.717, 1.165) is 12.1 Å². The molecule has 0 atom stereocenters. The second-order valence-corrected chi connectivity index (χ2v) is 6.20. The van der Waals surface area contributed by atoms with Crippen molar-refractivity contribution in [3.8, 4) is 0 Å². The number of aliphatic hydroxyl groups excluding tert-OH is 1. The lowest BCUT2D eigenvalue weighted by atomic mass is 10.1. The normalized spacial score (nSPS) is 12.6. The average Bonchev–Trinajstić information content (AvgIpc) is 2.36. The van der Waals surface area contributed by atoms with Crippen molar-refractivity contribution in [2.75, 3.05) is 12.4 Å². The number of benzene rings is 1. The lowest BCUT2D eigenvalue weighted by Gasteiger charge is -2.10. The van der Waals surface area contributed by atoms with Gasteiger partial charge in [0.1, 0.15) is 0 Å². The van der Waals surface area contributed by atoms with Crippen molar-refractivity contribution in [1.82, 2.24) is 4.72 Å². The predicted octanol–water partition coefficient (Wildman–Crippen LogP) is 1.90. The van der Waals surface area contributed by atoms with Gasteiger partial charge in [0.05, 0.1) is 11.3 Å². The molecular formula is C12H16F3NO3S. The third-order valence-electron chi connectivity index (χ3n) is 2.57. The molecule has 0 aliphatic carbocycles. The van der Waals surface area contributed by atoms with Crippen LogP contribution in [-0.4, -0.2) is 25.9 Å². The van der Waals surface area contributed by atoms with Gasteiger partial charge in [-0.2, -0.15) is 13.2 Å². The van der Waals surface area contributed by atoms with Gasteiger partial charge < -0.3 is 5.11 Å². The molecule has 0 aromatic heterocycles. The lowest BCUT2D eigenvalue weighted by molar-refractivity contribution is -0.137. The largest absolute Gasteiger partial charge is 0.416 e. The Bertz CT molecular complexity index is 529. The van der Waals surface area contributed by atoms with Crippen molar-refractivity contribution in [3.05, 3.63) is 35.4 Å². The van der Waals surface area contributed by atoms with E-state index in [0.29, 0.717) is 12.8 Å². The Morgan fingerprint density at radius 1 is 1.20 bits per heavy atom. The maximum absolute atomic E-state index is 12.5. The zero-order valence-corrected chi connectivity index (χ0v) is 11.5. The maximum atomic E-state index is 12.5. The number of nitrogens with one attached hydrogen (secondary N) is 1. The number of unbranched alkanes of at least 4 members (excludes halogenated alkanes) is 1. The van der Waals surface area contributed by atoms with Crippen molar-refractivity contribution in [2.24, 2.45) is 0 Å². The van der Waals surface area contributed by atoms with Crippen LogP contribution in [0.3, 0.4) is 0 Å². The van der Waals surface area contributed by atoms with Gasteiger partial charge in [0, 0.05) is 13.2 Å². The van der Waals surface area contributed by atoms with Crippen LogP contribution in [0.15, 0.2) is 24.3 Å². The zero-order chi connectivity index (χ0) is 15.2. The summed E-state index contributed by atoms with van der Waals surface area (Å²) in [6.45, 7) is -0.283. The summed E-state index contributed by atoms with van der Waals surface area (Å²) >= 11 is 0. The first-order valence-electron chi connectivity index (χ1n) is 5.99. The molecule has 0 bridgehead atoms. The van der Waals surface area contributed by atoms with Gasteiger partial charge in [-0.25, -0.2) is 13.1 Å². The van der Waals surface area contributed by atoms with Crippen molar-refractivity contribution in [1.29, 1.82) is 0 Å². The highest BCUT2D eigenvalue weighted by atomic mass is 32.2. The van der Waals surface area contributed by atoms with E-state index >= 15 is 0 Å². The van der Waals surface area contributed by atoms with E-state index in [-0.39, 0.29) is 24.5 Å². The van der Waals surface area contributed by atoms with Crippen LogP contribution in [-0.2, 0) is 22.7 Å². The van der Waals surface area contributed by atoms with Crippen LogP contribution in [0, 0.1) is 0 Å². The SMILES string of the molecule is O=S(=O)(CCCCO)NCc1cccc(C(F)(F)F)c1. The van der Waals surface area contributed by atoms with Crippen LogP contribution in [0.5, 0.6) is 0 Å². The molecule has 8 heteroatoms. The summed E-state index contributed by atoms with van der Waals surface area (Å²) in [5.41, 5.74) is -0.569. The Morgan fingerprint density at radius 2 is 1.90 bits per heavy atom. The molecule has 1 aromatic rings. The molecular weight excluding hydrogens is 295 g/mol. The first-order valence-corrected chi connectivity index (χ1v) is 7.64. The maximum Gasteiger partial charge on any atom is 0.416 e. The fourth-order valence-corrected chi connectivity index (χ4v) is 2.64. The van der Waals surface area contributed by atoms with Crippen molar-refractivity contribution >= 4 is 10.0 Å². The number of rotatable bonds is 7. The van der Waals surface area contributed by atoms with Gasteiger partial charge in [0.15, 0.2) is 0 Å². The molecule has 0 aliphatic rings. The molecule has 0 heterocycles. The Balaban J connectivity index is 2.62. The number of alkyl halides is 3. The van der Waals surface area contributed by atoms with E-state index in [2.05, 4.69) is 4.72 Å². The third kappa shape index (κ3) is 5.89. The minimum absolute atomic E-state index is 0.0941. The topological polar surface area (TPSA) is 66.4 Å². The molecule has 0 spiro atoms. The lowest BCUT2D eigenvalue weighted by Crippen LogP contribution is -2.26. The van der Waals surface area contributed by atoms with Crippen LogP contribution in [0.1, 0.15) is 24.0 Å². The zero-order valence-electron chi connectivity index (χ0n) is 10.7. The molecule has 114 valence electrons. The Labute approximate surface area is 115 Å². The van der Waals surface area contributed by atoms with Crippen LogP contribution in [0.25, 0.3) is 0 Å². The van der Waals surface area contributed by atoms with Gasteiger partial charge in [0.2, 0.25) is 10.0 Å². The fourth-order valence-electron chi connectivity index (χ4n) is 1.53. The summed E-state index contributed by atoms with van der Waals surface area (Å²) in [6, 6.07) is 4.50. The van der Waals surface area contributed by atoms with Gasteiger partial charge in [-0.3, -0.25) is 0 Å². The van der Waals surface area contributed by atoms with E-state index < -0.39 is 21.8 Å². The molecule has 0 amide bonds. The smallest absolute Gasteiger partial charge is 0.396 e. The molecule has 0 saturated carbocycles. The molecule has 0 aliphatic heterocycles. The molecule has 0 saturated heterocycles. The van der Waals surface area contributed by atoms with Crippen molar-refractivity contribution in [2.45, 2.75) is 25.6 Å². The van der Waals surface area contributed by atoms with E-state index in [4.69, 9.17) is 5.11 Å². The van der Waals surface area contributed by atoms with Gasteiger partial charge in [-0.05, 0) is 24.5 Å². The first-order chi connectivity index (χ1) is 9.24. The van der Waals surface area contributed by atoms with Crippen LogP contribution < -0.4 is 4.72 Å². The van der Waals surface area contributed by atoms with E-state index in [1.54, 1.807) is 0 Å². The van der Waals surface area contributed by atoms with E-state index in [1.807, 2.05) is 0 Å². The Morgan fingerprint density at radius 3 is 2.50 bits per heavy atom. The molecule has 2 N–H and O–H groups in total. The molecule has 0 fully saturated rings. The highest BCUT2D eigenvalue weighted by Crippen LogP contribution is 2.29. The second kappa shape index (κ2) is 7.05. The number of sulfonamides is 1. The quantitative estimate of drug-likeness (QED) is 0.756. The van der Waals surface area contributed by atoms with Crippen molar-refractivity contribution < 1.29 is 26.7 Å². The molecule has 1 rings (SSSR count). The number of hydrogen-bond acceptors (Lipinski definition) is 3. The molecule has 20 heavy (non-hydrogen) atoms. The van der Waals surface area contributed by atoms with Crippen molar-refractivity contribution in [3.63, 3.8) is 0 Å². The van der Waals surface area contributed by atoms with Crippen LogP contribution >= 0.6 is 0 Å².